The Balaban J connectivity index is 2.36. The van der Waals surface area contributed by atoms with Gasteiger partial charge in [-0.05, 0) is 25.1 Å². The smallest absolute Gasteiger partial charge is 0.331 e. The van der Waals surface area contributed by atoms with Gasteiger partial charge in [-0.25, -0.2) is 9.59 Å². The number of ether oxygens (including phenoxy) is 1. The van der Waals surface area contributed by atoms with Crippen molar-refractivity contribution in [3.05, 3.63) is 29.7 Å². The van der Waals surface area contributed by atoms with Crippen LogP contribution in [0.15, 0.2) is 22.6 Å². The fraction of sp³-hybridized carbons (Fsp3) is 0.182. The summed E-state index contributed by atoms with van der Waals surface area (Å²) in [5, 5.41) is 1.76. The second-order valence-electron chi connectivity index (χ2n) is 3.30. The molecule has 0 aromatic carbocycles. The number of amides is 3. The Morgan fingerprint density at radius 2 is 2.17 bits per heavy atom. The van der Waals surface area contributed by atoms with Crippen molar-refractivity contribution in [1.82, 2.24) is 5.32 Å². The van der Waals surface area contributed by atoms with E-state index in [0.717, 1.165) is 6.08 Å². The molecule has 0 fully saturated rings. The zero-order chi connectivity index (χ0) is 13.5. The fourth-order valence-electron chi connectivity index (χ4n) is 1.05. The first-order valence-electron chi connectivity index (χ1n) is 4.98. The van der Waals surface area contributed by atoms with Gasteiger partial charge in [-0.3, -0.25) is 10.1 Å². The Bertz CT molecular complexity index is 489. The number of primary amides is 1. The molecule has 0 aliphatic heterocycles. The molecule has 7 nitrogen and oxygen atoms in total. The largest absolute Gasteiger partial charge is 0.462 e. The summed E-state index contributed by atoms with van der Waals surface area (Å²) in [7, 11) is 0. The van der Waals surface area contributed by atoms with Crippen molar-refractivity contribution in [2.24, 2.45) is 5.73 Å². The van der Waals surface area contributed by atoms with Crippen LogP contribution in [0.5, 0.6) is 0 Å². The van der Waals surface area contributed by atoms with E-state index in [-0.39, 0.29) is 0 Å². The van der Waals surface area contributed by atoms with E-state index in [1.54, 1.807) is 24.4 Å². The Hall–Kier alpha value is -2.57. The quantitative estimate of drug-likeness (QED) is 0.592. The number of hydrogen-bond donors (Lipinski definition) is 2. The second-order valence-corrected chi connectivity index (χ2v) is 3.30. The zero-order valence-corrected chi connectivity index (χ0v) is 9.64. The molecule has 0 bridgehead atoms. The number of urea groups is 1. The first-order chi connectivity index (χ1) is 8.47. The molecule has 0 saturated heterocycles. The summed E-state index contributed by atoms with van der Waals surface area (Å²) in [5.74, 6) is -0.323. The molecule has 18 heavy (non-hydrogen) atoms. The fourth-order valence-corrected chi connectivity index (χ4v) is 1.05. The molecule has 0 aliphatic carbocycles. The van der Waals surface area contributed by atoms with Gasteiger partial charge < -0.3 is 14.9 Å². The summed E-state index contributed by atoms with van der Waals surface area (Å²) >= 11 is 0. The maximum atomic E-state index is 11.2. The standard InChI is InChI=1S/C11H12N2O5/c1-7-2-3-8(18-7)4-5-10(15)17-6-9(14)13-11(12)16/h2-5H,6H2,1H3,(H3,12,13,14,16). The van der Waals surface area contributed by atoms with Crippen LogP contribution < -0.4 is 11.1 Å². The van der Waals surface area contributed by atoms with E-state index in [2.05, 4.69) is 4.74 Å². The molecule has 0 aliphatic rings. The number of aryl methyl sites for hydroxylation is 1. The third-order valence-corrected chi connectivity index (χ3v) is 1.75. The Morgan fingerprint density at radius 3 is 2.72 bits per heavy atom. The number of carbonyl (C=O) groups excluding carboxylic acids is 3. The molecular formula is C11H12N2O5. The predicted molar refractivity (Wildman–Crippen MR) is 61.2 cm³/mol. The van der Waals surface area contributed by atoms with Crippen LogP contribution in [-0.4, -0.2) is 24.5 Å². The number of hydrogen-bond acceptors (Lipinski definition) is 5. The summed E-state index contributed by atoms with van der Waals surface area (Å²) in [5.41, 5.74) is 4.70. The molecule has 0 unspecified atom stereocenters. The van der Waals surface area contributed by atoms with Crippen LogP contribution in [0.4, 0.5) is 4.79 Å². The molecule has 0 radical (unpaired) electrons. The maximum absolute atomic E-state index is 11.2. The van der Waals surface area contributed by atoms with Crippen molar-refractivity contribution >= 4 is 24.0 Å². The summed E-state index contributed by atoms with van der Waals surface area (Å²) in [6, 6.07) is 2.42. The van der Waals surface area contributed by atoms with E-state index >= 15 is 0 Å². The van der Waals surface area contributed by atoms with Gasteiger partial charge in [-0.1, -0.05) is 0 Å². The Morgan fingerprint density at radius 1 is 1.44 bits per heavy atom. The second kappa shape index (κ2) is 6.24. The lowest BCUT2D eigenvalue weighted by atomic mass is 10.4. The average Bonchev–Trinajstić information content (AvgIpc) is 2.69. The molecule has 0 atom stereocenters. The van der Waals surface area contributed by atoms with E-state index in [4.69, 9.17) is 10.2 Å². The molecule has 1 aromatic heterocycles. The van der Waals surface area contributed by atoms with Crippen molar-refractivity contribution < 1.29 is 23.5 Å². The molecule has 1 heterocycles. The SMILES string of the molecule is Cc1ccc(C=CC(=O)OCC(=O)NC(N)=O)o1. The number of nitrogens with two attached hydrogens (primary N) is 1. The molecule has 7 heteroatoms. The Kier molecular flexibility index (Phi) is 4.67. The minimum absolute atomic E-state index is 0.492. The lowest BCUT2D eigenvalue weighted by molar-refractivity contribution is -0.143. The summed E-state index contributed by atoms with van der Waals surface area (Å²) < 4.78 is 9.72. The number of esters is 1. The first kappa shape index (κ1) is 13.5. The zero-order valence-electron chi connectivity index (χ0n) is 9.64. The molecule has 96 valence electrons. The molecule has 3 amide bonds. The first-order valence-corrected chi connectivity index (χ1v) is 4.98. The monoisotopic (exact) mass is 252 g/mol. The third-order valence-electron chi connectivity index (χ3n) is 1.75. The number of rotatable bonds is 4. The highest BCUT2D eigenvalue weighted by molar-refractivity contribution is 5.95. The van der Waals surface area contributed by atoms with Crippen molar-refractivity contribution in [3.8, 4) is 0 Å². The van der Waals surface area contributed by atoms with Gasteiger partial charge >= 0.3 is 12.0 Å². The van der Waals surface area contributed by atoms with Crippen LogP contribution in [0.1, 0.15) is 11.5 Å². The molecule has 3 N–H and O–H groups in total. The average molecular weight is 252 g/mol. The minimum atomic E-state index is -1.00. The van der Waals surface area contributed by atoms with Crippen LogP contribution in [0.25, 0.3) is 6.08 Å². The summed E-state index contributed by atoms with van der Waals surface area (Å²) in [6.07, 6.45) is 2.51. The van der Waals surface area contributed by atoms with Crippen LogP contribution in [-0.2, 0) is 14.3 Å². The molecule has 0 saturated carbocycles. The van der Waals surface area contributed by atoms with Crippen molar-refractivity contribution in [3.63, 3.8) is 0 Å². The third kappa shape index (κ3) is 4.97. The van der Waals surface area contributed by atoms with Crippen molar-refractivity contribution in [1.29, 1.82) is 0 Å². The number of furan rings is 1. The molecule has 1 aromatic rings. The van der Waals surface area contributed by atoms with Gasteiger partial charge in [0.2, 0.25) is 0 Å². The Labute approximate surface area is 103 Å². The highest BCUT2D eigenvalue weighted by atomic mass is 16.5. The lowest BCUT2D eigenvalue weighted by Crippen LogP contribution is -2.37. The van der Waals surface area contributed by atoms with Crippen LogP contribution in [0, 0.1) is 6.92 Å². The number of carbonyl (C=O) groups is 3. The van der Waals surface area contributed by atoms with Crippen molar-refractivity contribution in [2.45, 2.75) is 6.92 Å². The normalized spacial score (nSPS) is 10.3. The van der Waals surface area contributed by atoms with Gasteiger partial charge in [-0.15, -0.1) is 0 Å². The molecule has 1 rings (SSSR count). The van der Waals surface area contributed by atoms with E-state index in [1.165, 1.54) is 6.08 Å². The van der Waals surface area contributed by atoms with Gasteiger partial charge in [0.15, 0.2) is 6.61 Å². The van der Waals surface area contributed by atoms with Gasteiger partial charge in [0.05, 0.1) is 0 Å². The number of nitrogens with one attached hydrogen (secondary N) is 1. The summed E-state index contributed by atoms with van der Waals surface area (Å²) in [4.78, 5) is 32.4. The van der Waals surface area contributed by atoms with E-state index < -0.39 is 24.5 Å². The molecular weight excluding hydrogens is 240 g/mol. The van der Waals surface area contributed by atoms with E-state index in [9.17, 15) is 14.4 Å². The van der Waals surface area contributed by atoms with Crippen molar-refractivity contribution in [2.75, 3.05) is 6.61 Å². The van der Waals surface area contributed by atoms with Gasteiger partial charge in [0.25, 0.3) is 5.91 Å². The van der Waals surface area contributed by atoms with Crippen LogP contribution in [0.3, 0.4) is 0 Å². The van der Waals surface area contributed by atoms with Gasteiger partial charge in [0, 0.05) is 6.08 Å². The summed E-state index contributed by atoms with van der Waals surface area (Å²) in [6.45, 7) is 1.19. The van der Waals surface area contributed by atoms with E-state index in [1.807, 2.05) is 0 Å². The van der Waals surface area contributed by atoms with Crippen LogP contribution in [0.2, 0.25) is 0 Å². The maximum Gasteiger partial charge on any atom is 0.331 e. The highest BCUT2D eigenvalue weighted by Crippen LogP contribution is 2.07. The number of imide groups is 1. The van der Waals surface area contributed by atoms with E-state index in [0.29, 0.717) is 11.5 Å². The minimum Gasteiger partial charge on any atom is -0.462 e. The van der Waals surface area contributed by atoms with Crippen LogP contribution >= 0.6 is 0 Å². The molecule has 0 spiro atoms. The lowest BCUT2D eigenvalue weighted by Gasteiger charge is -2.00. The van der Waals surface area contributed by atoms with Gasteiger partial charge in [0.1, 0.15) is 11.5 Å². The topological polar surface area (TPSA) is 112 Å². The van der Waals surface area contributed by atoms with Gasteiger partial charge in [-0.2, -0.15) is 0 Å². The highest BCUT2D eigenvalue weighted by Gasteiger charge is 2.06. The predicted octanol–water partition coefficient (Wildman–Crippen LogP) is 0.339.